The molecule has 3 nitrogen and oxygen atoms in total. The van der Waals surface area contributed by atoms with Crippen molar-refractivity contribution in [3.8, 4) is 0 Å². The van der Waals surface area contributed by atoms with Crippen molar-refractivity contribution in [2.24, 2.45) is 5.73 Å². The quantitative estimate of drug-likeness (QED) is 0.854. The maximum atomic E-state index is 10.8. The summed E-state index contributed by atoms with van der Waals surface area (Å²) in [5.74, 6) is -0.0840. The molecule has 0 aromatic heterocycles. The SMILES string of the molecule is CC(=O)Nc1ccc(C(C)N)cc1Br. The van der Waals surface area contributed by atoms with Crippen LogP contribution in [-0.2, 0) is 4.79 Å². The highest BCUT2D eigenvalue weighted by molar-refractivity contribution is 9.10. The van der Waals surface area contributed by atoms with E-state index in [0.717, 1.165) is 15.7 Å². The van der Waals surface area contributed by atoms with E-state index in [9.17, 15) is 4.79 Å². The molecule has 14 heavy (non-hydrogen) atoms. The number of anilines is 1. The van der Waals surface area contributed by atoms with Crippen molar-refractivity contribution >= 4 is 27.5 Å². The Bertz CT molecular complexity index is 350. The van der Waals surface area contributed by atoms with E-state index < -0.39 is 0 Å². The zero-order valence-corrected chi connectivity index (χ0v) is 9.76. The van der Waals surface area contributed by atoms with Gasteiger partial charge in [0.05, 0.1) is 5.69 Å². The highest BCUT2D eigenvalue weighted by Crippen LogP contribution is 2.25. The highest BCUT2D eigenvalue weighted by Gasteiger charge is 2.05. The molecule has 0 spiro atoms. The minimum absolute atomic E-state index is 0.00215. The molecule has 0 aliphatic rings. The summed E-state index contributed by atoms with van der Waals surface area (Å²) < 4.78 is 0.850. The van der Waals surface area contributed by atoms with Crippen LogP contribution in [0.3, 0.4) is 0 Å². The number of hydrogen-bond donors (Lipinski definition) is 2. The lowest BCUT2D eigenvalue weighted by atomic mass is 10.1. The van der Waals surface area contributed by atoms with E-state index in [-0.39, 0.29) is 11.9 Å². The second-order valence-corrected chi connectivity index (χ2v) is 4.06. The number of amides is 1. The molecule has 0 fully saturated rings. The number of benzene rings is 1. The first-order chi connectivity index (χ1) is 6.50. The van der Waals surface area contributed by atoms with Gasteiger partial charge in [0.15, 0.2) is 0 Å². The largest absolute Gasteiger partial charge is 0.325 e. The molecule has 1 atom stereocenters. The molecule has 1 aromatic rings. The van der Waals surface area contributed by atoms with Gasteiger partial charge in [0.2, 0.25) is 5.91 Å². The molecule has 3 N–H and O–H groups in total. The number of nitrogens with one attached hydrogen (secondary N) is 1. The van der Waals surface area contributed by atoms with Crippen molar-refractivity contribution in [1.29, 1.82) is 0 Å². The minimum Gasteiger partial charge on any atom is -0.325 e. The maximum absolute atomic E-state index is 10.8. The number of hydrogen-bond acceptors (Lipinski definition) is 2. The molecule has 76 valence electrons. The van der Waals surface area contributed by atoms with Crippen LogP contribution in [0.5, 0.6) is 0 Å². The summed E-state index contributed by atoms with van der Waals surface area (Å²) in [5, 5.41) is 2.71. The summed E-state index contributed by atoms with van der Waals surface area (Å²) in [6.07, 6.45) is 0. The van der Waals surface area contributed by atoms with E-state index >= 15 is 0 Å². The van der Waals surface area contributed by atoms with Gasteiger partial charge < -0.3 is 11.1 Å². The van der Waals surface area contributed by atoms with Gasteiger partial charge in [-0.3, -0.25) is 4.79 Å². The summed E-state index contributed by atoms with van der Waals surface area (Å²) in [6.45, 7) is 3.39. The van der Waals surface area contributed by atoms with E-state index in [1.54, 1.807) is 0 Å². The Morgan fingerprint density at radius 2 is 2.21 bits per heavy atom. The van der Waals surface area contributed by atoms with Gasteiger partial charge in [0.25, 0.3) is 0 Å². The maximum Gasteiger partial charge on any atom is 0.221 e. The molecule has 1 aromatic carbocycles. The van der Waals surface area contributed by atoms with E-state index in [1.165, 1.54) is 6.92 Å². The number of halogens is 1. The third-order valence-electron chi connectivity index (χ3n) is 1.83. The normalized spacial score (nSPS) is 12.3. The van der Waals surface area contributed by atoms with Crippen LogP contribution in [-0.4, -0.2) is 5.91 Å². The van der Waals surface area contributed by atoms with Crippen LogP contribution in [0.1, 0.15) is 25.5 Å². The van der Waals surface area contributed by atoms with Crippen molar-refractivity contribution in [2.45, 2.75) is 19.9 Å². The van der Waals surface area contributed by atoms with Crippen molar-refractivity contribution in [2.75, 3.05) is 5.32 Å². The molecular weight excluding hydrogens is 244 g/mol. The van der Waals surface area contributed by atoms with Crippen molar-refractivity contribution in [1.82, 2.24) is 0 Å². The second kappa shape index (κ2) is 4.57. The lowest BCUT2D eigenvalue weighted by Crippen LogP contribution is -2.08. The van der Waals surface area contributed by atoms with Crippen LogP contribution >= 0.6 is 15.9 Å². The zero-order valence-electron chi connectivity index (χ0n) is 8.17. The van der Waals surface area contributed by atoms with Gasteiger partial charge in [-0.1, -0.05) is 6.07 Å². The molecule has 1 unspecified atom stereocenters. The van der Waals surface area contributed by atoms with Crippen LogP contribution in [0.4, 0.5) is 5.69 Å². The van der Waals surface area contributed by atoms with Gasteiger partial charge in [-0.25, -0.2) is 0 Å². The fraction of sp³-hybridized carbons (Fsp3) is 0.300. The Hall–Kier alpha value is -0.870. The predicted octanol–water partition coefficient (Wildman–Crippen LogP) is 2.43. The lowest BCUT2D eigenvalue weighted by molar-refractivity contribution is -0.114. The second-order valence-electron chi connectivity index (χ2n) is 3.21. The lowest BCUT2D eigenvalue weighted by Gasteiger charge is -2.09. The summed E-state index contributed by atoms with van der Waals surface area (Å²) in [4.78, 5) is 10.8. The number of carbonyl (C=O) groups excluding carboxylic acids is 1. The highest BCUT2D eigenvalue weighted by atomic mass is 79.9. The molecule has 1 amide bonds. The summed E-state index contributed by atoms with van der Waals surface area (Å²) in [5.41, 5.74) is 7.52. The first kappa shape index (κ1) is 11.2. The van der Waals surface area contributed by atoms with E-state index in [0.29, 0.717) is 0 Å². The van der Waals surface area contributed by atoms with Crippen molar-refractivity contribution in [3.05, 3.63) is 28.2 Å². The predicted molar refractivity (Wildman–Crippen MR) is 61.0 cm³/mol. The Kier molecular flexibility index (Phi) is 3.66. The average molecular weight is 257 g/mol. The van der Waals surface area contributed by atoms with E-state index in [2.05, 4.69) is 21.2 Å². The number of carbonyl (C=O) groups is 1. The van der Waals surface area contributed by atoms with Crippen molar-refractivity contribution < 1.29 is 4.79 Å². The Morgan fingerprint density at radius 1 is 1.57 bits per heavy atom. The summed E-state index contributed by atoms with van der Waals surface area (Å²) >= 11 is 3.37. The van der Waals surface area contributed by atoms with Gasteiger partial charge >= 0.3 is 0 Å². The van der Waals surface area contributed by atoms with E-state index in [4.69, 9.17) is 5.73 Å². The van der Waals surface area contributed by atoms with Gasteiger partial charge in [-0.15, -0.1) is 0 Å². The van der Waals surface area contributed by atoms with Gasteiger partial charge in [-0.2, -0.15) is 0 Å². The minimum atomic E-state index is -0.0840. The molecule has 0 heterocycles. The third kappa shape index (κ3) is 2.82. The fourth-order valence-electron chi connectivity index (χ4n) is 1.11. The van der Waals surface area contributed by atoms with Gasteiger partial charge in [0.1, 0.15) is 0 Å². The smallest absolute Gasteiger partial charge is 0.221 e. The first-order valence-electron chi connectivity index (χ1n) is 4.33. The Labute approximate surface area is 91.8 Å². The molecule has 0 saturated heterocycles. The third-order valence-corrected chi connectivity index (χ3v) is 2.49. The fourth-order valence-corrected chi connectivity index (χ4v) is 1.60. The molecule has 0 radical (unpaired) electrons. The summed E-state index contributed by atoms with van der Waals surface area (Å²) in [7, 11) is 0. The molecular formula is C10H13BrN2O. The molecule has 0 bridgehead atoms. The molecule has 0 aliphatic heterocycles. The van der Waals surface area contributed by atoms with Crippen LogP contribution < -0.4 is 11.1 Å². The topological polar surface area (TPSA) is 55.1 Å². The molecule has 0 aliphatic carbocycles. The van der Waals surface area contributed by atoms with Crippen LogP contribution in [0.25, 0.3) is 0 Å². The van der Waals surface area contributed by atoms with Crippen LogP contribution in [0.15, 0.2) is 22.7 Å². The molecule has 0 saturated carbocycles. The Balaban J connectivity index is 2.95. The van der Waals surface area contributed by atoms with Gasteiger partial charge in [0, 0.05) is 17.4 Å². The standard InChI is InChI=1S/C10H13BrN2O/c1-6(12)8-3-4-10(9(11)5-8)13-7(2)14/h3-6H,12H2,1-2H3,(H,13,14). The first-order valence-corrected chi connectivity index (χ1v) is 5.12. The van der Waals surface area contributed by atoms with Crippen LogP contribution in [0, 0.1) is 0 Å². The van der Waals surface area contributed by atoms with Crippen molar-refractivity contribution in [3.63, 3.8) is 0 Å². The zero-order chi connectivity index (χ0) is 10.7. The molecule has 4 heteroatoms. The Morgan fingerprint density at radius 3 is 2.64 bits per heavy atom. The monoisotopic (exact) mass is 256 g/mol. The number of rotatable bonds is 2. The van der Waals surface area contributed by atoms with E-state index in [1.807, 2.05) is 25.1 Å². The average Bonchev–Trinajstić information content (AvgIpc) is 2.07. The summed E-state index contributed by atoms with van der Waals surface area (Å²) in [6, 6.07) is 5.65. The number of nitrogens with two attached hydrogens (primary N) is 1. The van der Waals surface area contributed by atoms with Gasteiger partial charge in [-0.05, 0) is 40.5 Å². The molecule has 1 rings (SSSR count). The van der Waals surface area contributed by atoms with Crippen LogP contribution in [0.2, 0.25) is 0 Å².